The third-order valence-corrected chi connectivity index (χ3v) is 6.46. The Hall–Kier alpha value is -3.45. The number of amides is 1. The lowest BCUT2D eigenvalue weighted by Crippen LogP contribution is -2.32. The molecule has 1 aliphatic heterocycles. The molecule has 0 spiro atoms. The topological polar surface area (TPSA) is 87.6 Å². The smallest absolute Gasteiger partial charge is 0.285 e. The van der Waals surface area contributed by atoms with Crippen molar-refractivity contribution in [2.75, 3.05) is 5.32 Å². The number of hydrogen-bond donors (Lipinski definition) is 2. The number of aryl methyl sites for hydroxylation is 1. The number of sulfonamides is 1. The molecule has 31 heavy (non-hydrogen) atoms. The highest BCUT2D eigenvalue weighted by Gasteiger charge is 2.28. The fraction of sp³-hybridized carbons (Fsp3) is 0.167. The third-order valence-electron chi connectivity index (χ3n) is 5.13. The molecule has 0 fully saturated rings. The molecule has 6 nitrogen and oxygen atoms in total. The zero-order valence-electron chi connectivity index (χ0n) is 17.1. The van der Waals surface area contributed by atoms with Crippen LogP contribution in [0.2, 0.25) is 0 Å². The summed E-state index contributed by atoms with van der Waals surface area (Å²) in [4.78, 5) is 12.7. The lowest BCUT2D eigenvalue weighted by atomic mass is 10.1. The Bertz CT molecular complexity index is 1220. The Balaban J connectivity index is 1.37. The monoisotopic (exact) mass is 433 g/mol. The molecule has 0 radical (unpaired) electrons. The van der Waals surface area contributed by atoms with Gasteiger partial charge in [0.2, 0.25) is 0 Å². The summed E-state index contributed by atoms with van der Waals surface area (Å²) in [7, 11) is -3.67. The molecule has 1 heterocycles. The highest BCUT2D eigenvalue weighted by molar-refractivity contribution is 7.90. The molecular weight excluding hydrogens is 410 g/mol. The van der Waals surface area contributed by atoms with Crippen molar-refractivity contribution < 1.29 is 13.2 Å². The summed E-state index contributed by atoms with van der Waals surface area (Å²) in [6.45, 7) is 1.99. The van der Waals surface area contributed by atoms with Gasteiger partial charge < -0.3 is 10.6 Å². The van der Waals surface area contributed by atoms with E-state index in [2.05, 4.69) is 27.2 Å². The minimum atomic E-state index is -3.67. The van der Waals surface area contributed by atoms with Crippen LogP contribution >= 0.6 is 0 Å². The van der Waals surface area contributed by atoms with Gasteiger partial charge in [-0.1, -0.05) is 42.5 Å². The van der Waals surface area contributed by atoms with Crippen molar-refractivity contribution in [1.29, 1.82) is 0 Å². The van der Waals surface area contributed by atoms with Gasteiger partial charge in [-0.2, -0.15) is 8.42 Å². The first kappa shape index (κ1) is 20.8. The second kappa shape index (κ2) is 8.73. The molecule has 0 saturated carbocycles. The van der Waals surface area contributed by atoms with Gasteiger partial charge in [-0.05, 0) is 61.7 Å². The highest BCUT2D eigenvalue weighted by Crippen LogP contribution is 2.26. The van der Waals surface area contributed by atoms with Crippen molar-refractivity contribution in [2.45, 2.75) is 30.7 Å². The summed E-state index contributed by atoms with van der Waals surface area (Å²) in [5, 5.41) is 6.06. The van der Waals surface area contributed by atoms with Crippen molar-refractivity contribution in [3.05, 3.63) is 95.6 Å². The molecule has 1 aliphatic rings. The normalized spacial score (nSPS) is 14.9. The van der Waals surface area contributed by atoms with Crippen LogP contribution in [-0.4, -0.2) is 26.2 Å². The van der Waals surface area contributed by atoms with E-state index in [1.807, 2.05) is 25.1 Å². The van der Waals surface area contributed by atoms with Crippen LogP contribution in [0.4, 0.5) is 5.69 Å². The molecule has 1 amide bonds. The van der Waals surface area contributed by atoms with Crippen molar-refractivity contribution in [1.82, 2.24) is 5.32 Å². The first-order valence-electron chi connectivity index (χ1n) is 10.1. The molecule has 0 bridgehead atoms. The van der Waals surface area contributed by atoms with Crippen molar-refractivity contribution in [3.63, 3.8) is 0 Å². The Kier molecular flexibility index (Phi) is 5.86. The molecular formula is C24H23N3O3S. The maximum atomic E-state index is 12.5. The number of amidine groups is 1. The van der Waals surface area contributed by atoms with E-state index in [4.69, 9.17) is 0 Å². The average molecular weight is 434 g/mol. The van der Waals surface area contributed by atoms with Gasteiger partial charge in [-0.25, -0.2) is 0 Å². The SMILES string of the molecule is CC(CCc1ccccc1)NC(=O)c1ccc(NC2=NS(=O)(=O)c3ccccc32)cc1. The molecule has 1 atom stereocenters. The fourth-order valence-corrected chi connectivity index (χ4v) is 4.62. The fourth-order valence-electron chi connectivity index (χ4n) is 3.44. The summed E-state index contributed by atoms with van der Waals surface area (Å²) in [5.41, 5.74) is 2.98. The summed E-state index contributed by atoms with van der Waals surface area (Å²) in [5.74, 6) is 0.139. The second-order valence-electron chi connectivity index (χ2n) is 7.51. The van der Waals surface area contributed by atoms with Crippen molar-refractivity contribution in [2.24, 2.45) is 4.40 Å². The Morgan fingerprint density at radius 2 is 1.61 bits per heavy atom. The highest BCUT2D eigenvalue weighted by atomic mass is 32.2. The van der Waals surface area contributed by atoms with Crippen LogP contribution in [0.5, 0.6) is 0 Å². The maximum absolute atomic E-state index is 12.5. The minimum Gasteiger partial charge on any atom is -0.350 e. The van der Waals surface area contributed by atoms with Gasteiger partial charge in [0.1, 0.15) is 4.90 Å². The van der Waals surface area contributed by atoms with E-state index in [9.17, 15) is 13.2 Å². The van der Waals surface area contributed by atoms with Crippen LogP contribution in [-0.2, 0) is 16.4 Å². The van der Waals surface area contributed by atoms with Crippen molar-refractivity contribution in [3.8, 4) is 0 Å². The number of anilines is 1. The van der Waals surface area contributed by atoms with Crippen LogP contribution in [0, 0.1) is 0 Å². The zero-order valence-corrected chi connectivity index (χ0v) is 17.9. The van der Waals surface area contributed by atoms with Gasteiger partial charge in [-0.3, -0.25) is 4.79 Å². The van der Waals surface area contributed by atoms with Gasteiger partial charge in [-0.15, -0.1) is 4.40 Å². The zero-order chi connectivity index (χ0) is 21.8. The molecule has 2 N–H and O–H groups in total. The molecule has 3 aromatic rings. The number of fused-ring (bicyclic) bond motifs is 1. The van der Waals surface area contributed by atoms with Crippen LogP contribution in [0.15, 0.2) is 88.2 Å². The van der Waals surface area contributed by atoms with E-state index in [0.717, 1.165) is 12.8 Å². The summed E-state index contributed by atoms with van der Waals surface area (Å²) < 4.78 is 28.2. The number of carbonyl (C=O) groups excluding carboxylic acids is 1. The molecule has 4 rings (SSSR count). The van der Waals surface area contributed by atoms with E-state index in [1.54, 1.807) is 42.5 Å². The molecule has 0 aliphatic carbocycles. The van der Waals surface area contributed by atoms with E-state index >= 15 is 0 Å². The van der Waals surface area contributed by atoms with Crippen LogP contribution in [0.1, 0.15) is 34.8 Å². The number of nitrogens with zero attached hydrogens (tertiary/aromatic N) is 1. The van der Waals surface area contributed by atoms with E-state index < -0.39 is 10.0 Å². The van der Waals surface area contributed by atoms with Crippen molar-refractivity contribution >= 4 is 27.5 Å². The van der Waals surface area contributed by atoms with E-state index in [-0.39, 0.29) is 22.7 Å². The predicted molar refractivity (Wildman–Crippen MR) is 122 cm³/mol. The predicted octanol–water partition coefficient (Wildman–Crippen LogP) is 4.00. The molecule has 0 aromatic heterocycles. The third kappa shape index (κ3) is 4.83. The Morgan fingerprint density at radius 1 is 0.935 bits per heavy atom. The van der Waals surface area contributed by atoms with Gasteiger partial charge in [0.25, 0.3) is 15.9 Å². The maximum Gasteiger partial charge on any atom is 0.285 e. The summed E-state index contributed by atoms with van der Waals surface area (Å²) >= 11 is 0. The van der Waals surface area contributed by atoms with Gasteiger partial charge in [0.15, 0.2) is 5.84 Å². The lowest BCUT2D eigenvalue weighted by molar-refractivity contribution is 0.0938. The summed E-state index contributed by atoms with van der Waals surface area (Å²) in [6, 6.07) is 23.8. The first-order chi connectivity index (χ1) is 14.9. The number of carbonyl (C=O) groups is 1. The molecule has 1 unspecified atom stereocenters. The van der Waals surface area contributed by atoms with Gasteiger partial charge in [0, 0.05) is 22.9 Å². The molecule has 158 valence electrons. The number of nitrogens with one attached hydrogen (secondary N) is 2. The quantitative estimate of drug-likeness (QED) is 0.615. The van der Waals surface area contributed by atoms with E-state index in [0.29, 0.717) is 16.8 Å². The van der Waals surface area contributed by atoms with Crippen LogP contribution in [0.3, 0.4) is 0 Å². The Morgan fingerprint density at radius 3 is 2.35 bits per heavy atom. The van der Waals surface area contributed by atoms with E-state index in [1.165, 1.54) is 11.6 Å². The van der Waals surface area contributed by atoms with Crippen LogP contribution < -0.4 is 10.6 Å². The molecule has 0 saturated heterocycles. The van der Waals surface area contributed by atoms with Crippen LogP contribution in [0.25, 0.3) is 0 Å². The lowest BCUT2D eigenvalue weighted by Gasteiger charge is -2.14. The van der Waals surface area contributed by atoms with Gasteiger partial charge in [0.05, 0.1) is 0 Å². The number of benzene rings is 3. The molecule has 3 aromatic carbocycles. The standard InChI is InChI=1S/C24H23N3O3S/c1-17(11-12-18-7-3-2-4-8-18)25-24(28)19-13-15-20(16-14-19)26-23-21-9-5-6-10-22(21)31(29,30)27-23/h2-10,13-17H,11-12H2,1H3,(H,25,28)(H,26,27). The number of rotatable bonds is 6. The number of hydrogen-bond acceptors (Lipinski definition) is 4. The first-order valence-corrected chi connectivity index (χ1v) is 11.5. The average Bonchev–Trinajstić information content (AvgIpc) is 3.03. The largest absolute Gasteiger partial charge is 0.350 e. The van der Waals surface area contributed by atoms with Gasteiger partial charge >= 0.3 is 0 Å². The Labute approximate surface area is 182 Å². The second-order valence-corrected chi connectivity index (χ2v) is 9.08. The summed E-state index contributed by atoms with van der Waals surface area (Å²) in [6.07, 6.45) is 1.75. The molecule has 7 heteroatoms. The minimum absolute atomic E-state index is 0.0417.